The van der Waals surface area contributed by atoms with E-state index in [1.807, 2.05) is 0 Å². The van der Waals surface area contributed by atoms with Crippen LogP contribution < -0.4 is 0 Å². The Balaban J connectivity index is 0.000000527. The van der Waals surface area contributed by atoms with Gasteiger partial charge < -0.3 is 0 Å². The fourth-order valence-electron chi connectivity index (χ4n) is 4.38. The quantitative estimate of drug-likeness (QED) is 0.377. The zero-order valence-corrected chi connectivity index (χ0v) is 18.8. The van der Waals surface area contributed by atoms with E-state index in [0.29, 0.717) is 0 Å². The first-order chi connectivity index (χ1) is 12.8. The fraction of sp³-hybridized carbons (Fsp3) is 0.217. The maximum atomic E-state index is 4.93. The molecule has 2 aliphatic rings. The van der Waals surface area contributed by atoms with Crippen molar-refractivity contribution in [2.45, 2.75) is 32.6 Å². The van der Waals surface area contributed by atoms with Gasteiger partial charge in [0, 0.05) is 0 Å². The number of aryl methyl sites for hydroxylation is 2. The molecule has 5 rings (SSSR count). The Labute approximate surface area is 173 Å². The van der Waals surface area contributed by atoms with Crippen LogP contribution in [0, 0.1) is 0 Å². The molecule has 0 fully saturated rings. The van der Waals surface area contributed by atoms with Crippen molar-refractivity contribution in [2.75, 3.05) is 0 Å². The summed E-state index contributed by atoms with van der Waals surface area (Å²) in [5, 5.41) is 2.95. The number of hydrogen-bond acceptors (Lipinski definition) is 0. The van der Waals surface area contributed by atoms with Gasteiger partial charge in [-0.05, 0) is 69.8 Å². The summed E-state index contributed by atoms with van der Waals surface area (Å²) < 4.78 is 0. The third-order valence-electron chi connectivity index (χ3n) is 5.58. The van der Waals surface area contributed by atoms with Gasteiger partial charge in [-0.25, -0.2) is 0 Å². The molecule has 0 saturated heterocycles. The molecule has 2 aliphatic carbocycles. The molecule has 3 aromatic rings. The van der Waals surface area contributed by atoms with Gasteiger partial charge in [-0.1, -0.05) is 67.1 Å². The second-order valence-electron chi connectivity index (χ2n) is 6.89. The summed E-state index contributed by atoms with van der Waals surface area (Å²) in [7, 11) is 9.87. The van der Waals surface area contributed by atoms with Crippen LogP contribution in [0.5, 0.6) is 0 Å². The van der Waals surface area contributed by atoms with Crippen LogP contribution in [-0.4, -0.2) is 0 Å². The predicted octanol–water partition coefficient (Wildman–Crippen LogP) is 7.33. The Hall–Kier alpha value is -0.877. The van der Waals surface area contributed by atoms with Gasteiger partial charge in [-0.15, -0.1) is 0 Å². The van der Waals surface area contributed by atoms with Gasteiger partial charge in [0.15, 0.2) is 0 Å². The Morgan fingerprint density at radius 2 is 1.54 bits per heavy atom. The molecule has 0 radical (unpaired) electrons. The van der Waals surface area contributed by atoms with Crippen LogP contribution in [0.3, 0.4) is 0 Å². The number of allylic oxidation sites excluding steroid dienone is 1. The predicted molar refractivity (Wildman–Crippen MR) is 110 cm³/mol. The van der Waals surface area contributed by atoms with Crippen molar-refractivity contribution in [1.29, 1.82) is 0 Å². The molecule has 3 heteroatoms. The van der Waals surface area contributed by atoms with E-state index in [1.54, 1.807) is 5.57 Å². The molecule has 0 unspecified atom stereocenters. The average Bonchev–Trinajstić information content (AvgIpc) is 3.28. The van der Waals surface area contributed by atoms with Gasteiger partial charge in [-0.3, -0.25) is 0 Å². The number of hydrogen-bond donors (Lipinski definition) is 0. The van der Waals surface area contributed by atoms with Gasteiger partial charge in [0.25, 0.3) is 0 Å². The molecule has 130 valence electrons. The van der Waals surface area contributed by atoms with Crippen molar-refractivity contribution in [2.24, 2.45) is 0 Å². The molecule has 0 bridgehead atoms. The fourth-order valence-corrected chi connectivity index (χ4v) is 4.38. The zero-order valence-electron chi connectivity index (χ0n) is 14.8. The summed E-state index contributed by atoms with van der Waals surface area (Å²) in [6.07, 6.45) is 7.10. The van der Waals surface area contributed by atoms with Crippen LogP contribution >= 0.6 is 17.0 Å². The van der Waals surface area contributed by atoms with Crippen LogP contribution in [0.25, 0.3) is 28.0 Å². The van der Waals surface area contributed by atoms with Gasteiger partial charge in [0.05, 0.1) is 0 Å². The summed E-state index contributed by atoms with van der Waals surface area (Å²) in [6, 6.07) is 18.4. The number of halogens is 2. The molecular weight excluding hydrogens is 438 g/mol. The standard InChI is InChI=1S/C23H20.2ClH.Zr/c1-2-15-13-18-6-4-7-19(22(18)14-15)20-12-11-17-10-9-16-5-3-8-21(20)23(16)17;;;/h3-8,11-12,14H,2,9-10,13H2,1H3;2*1H;/q;;;+2/p-2. The first kappa shape index (κ1) is 18.5. The van der Waals surface area contributed by atoms with Crippen molar-refractivity contribution in [3.05, 3.63) is 76.4 Å². The molecule has 0 heterocycles. The van der Waals surface area contributed by atoms with E-state index in [0.717, 1.165) is 12.8 Å². The van der Waals surface area contributed by atoms with Gasteiger partial charge >= 0.3 is 37.9 Å². The summed E-state index contributed by atoms with van der Waals surface area (Å²) in [4.78, 5) is 0. The van der Waals surface area contributed by atoms with Gasteiger partial charge in [-0.2, -0.15) is 0 Å². The van der Waals surface area contributed by atoms with E-state index < -0.39 is 20.8 Å². The maximum absolute atomic E-state index is 4.93. The monoisotopic (exact) mass is 456 g/mol. The van der Waals surface area contributed by atoms with E-state index in [-0.39, 0.29) is 0 Å². The minimum atomic E-state index is -0.826. The summed E-state index contributed by atoms with van der Waals surface area (Å²) >= 11 is -0.826. The summed E-state index contributed by atoms with van der Waals surface area (Å²) in [6.45, 7) is 2.26. The molecule has 0 saturated carbocycles. The van der Waals surface area contributed by atoms with Crippen molar-refractivity contribution >= 4 is 33.9 Å². The van der Waals surface area contributed by atoms with E-state index >= 15 is 0 Å². The molecule has 0 N–H and O–H groups in total. The van der Waals surface area contributed by atoms with Crippen molar-refractivity contribution < 1.29 is 20.8 Å². The van der Waals surface area contributed by atoms with Crippen LogP contribution in [0.4, 0.5) is 0 Å². The van der Waals surface area contributed by atoms with Gasteiger partial charge in [0.1, 0.15) is 0 Å². The molecule has 0 aliphatic heterocycles. The van der Waals surface area contributed by atoms with E-state index in [2.05, 4.69) is 61.5 Å². The Morgan fingerprint density at radius 3 is 2.31 bits per heavy atom. The number of rotatable bonds is 2. The van der Waals surface area contributed by atoms with Crippen LogP contribution in [0.15, 0.2) is 54.1 Å². The first-order valence-electron chi connectivity index (χ1n) is 9.08. The topological polar surface area (TPSA) is 0 Å². The van der Waals surface area contributed by atoms with Crippen LogP contribution in [-0.2, 0) is 40.1 Å². The van der Waals surface area contributed by atoms with E-state index in [4.69, 9.17) is 17.0 Å². The van der Waals surface area contributed by atoms with Crippen LogP contribution in [0.2, 0.25) is 0 Å². The van der Waals surface area contributed by atoms with E-state index in [1.165, 1.54) is 57.0 Å². The van der Waals surface area contributed by atoms with Crippen molar-refractivity contribution in [3.8, 4) is 11.1 Å². The molecule has 26 heavy (non-hydrogen) atoms. The Morgan fingerprint density at radius 1 is 0.846 bits per heavy atom. The second-order valence-corrected chi connectivity index (χ2v) is 10.6. The second kappa shape index (κ2) is 8.01. The van der Waals surface area contributed by atoms with E-state index in [9.17, 15) is 0 Å². The molecular formula is C23H20Cl2Zr. The molecule has 0 atom stereocenters. The molecule has 0 spiro atoms. The normalized spacial score (nSPS) is 13.9. The third-order valence-corrected chi connectivity index (χ3v) is 5.58. The summed E-state index contributed by atoms with van der Waals surface area (Å²) in [5.41, 5.74) is 10.3. The summed E-state index contributed by atoms with van der Waals surface area (Å²) in [5.74, 6) is 0. The Kier molecular flexibility index (Phi) is 5.70. The van der Waals surface area contributed by atoms with Crippen LogP contribution in [0.1, 0.15) is 35.6 Å². The molecule has 0 aromatic heterocycles. The third kappa shape index (κ3) is 3.24. The zero-order chi connectivity index (χ0) is 18.1. The average molecular weight is 459 g/mol. The number of fused-ring (bicyclic) bond motifs is 1. The van der Waals surface area contributed by atoms with Crippen molar-refractivity contribution in [1.82, 2.24) is 0 Å². The SMILES string of the molecule is CCC1=Cc2c(cccc2-c2ccc3c4c(cccc24)CC3)C1.[Cl][Zr][Cl]. The van der Waals surface area contributed by atoms with Gasteiger partial charge in [0.2, 0.25) is 0 Å². The minimum absolute atomic E-state index is 0.826. The molecule has 3 aromatic carbocycles. The number of benzene rings is 3. The van der Waals surface area contributed by atoms with Crippen molar-refractivity contribution in [3.63, 3.8) is 0 Å². The first-order valence-corrected chi connectivity index (χ1v) is 15.4. The Bertz CT molecular complexity index is 994. The molecule has 0 amide bonds. The molecule has 0 nitrogen and oxygen atoms in total.